The van der Waals surface area contributed by atoms with Gasteiger partial charge >= 0.3 is 0 Å². The highest BCUT2D eigenvalue weighted by Crippen LogP contribution is 2.22. The zero-order chi connectivity index (χ0) is 20.3. The number of nitrogens with zero attached hydrogens (tertiary/aromatic N) is 4. The van der Waals surface area contributed by atoms with E-state index in [9.17, 15) is 4.79 Å². The summed E-state index contributed by atoms with van der Waals surface area (Å²) in [5.74, 6) is 0.201. The van der Waals surface area contributed by atoms with Crippen molar-refractivity contribution in [1.82, 2.24) is 25.5 Å². The molecule has 7 heteroatoms. The summed E-state index contributed by atoms with van der Waals surface area (Å²) in [7, 11) is 0. The number of carbonyl (C=O) groups excluding carboxylic acids is 1. The van der Waals surface area contributed by atoms with Crippen molar-refractivity contribution in [3.05, 3.63) is 64.2 Å². The number of carbonyl (C=O) groups is 1. The van der Waals surface area contributed by atoms with Crippen molar-refractivity contribution in [2.24, 2.45) is 0 Å². The Kier molecular flexibility index (Phi) is 6.14. The van der Waals surface area contributed by atoms with Gasteiger partial charge in [0, 0.05) is 0 Å². The highest BCUT2D eigenvalue weighted by Gasteiger charge is 2.15. The van der Waals surface area contributed by atoms with E-state index in [1.807, 2.05) is 32.9 Å². The number of aryl methyl sites for hydroxylation is 4. The van der Waals surface area contributed by atoms with Crippen molar-refractivity contribution in [1.29, 1.82) is 0 Å². The number of benzene rings is 2. The molecule has 0 aliphatic heterocycles. The molecule has 1 heterocycles. The van der Waals surface area contributed by atoms with E-state index in [1.165, 1.54) is 22.9 Å². The number of hydrogen-bond donors (Lipinski definition) is 1. The molecule has 0 radical (unpaired) electrons. The number of nitrogens with one attached hydrogen (secondary N) is 1. The Hall–Kier alpha value is -2.67. The van der Waals surface area contributed by atoms with Crippen molar-refractivity contribution < 1.29 is 4.79 Å². The molecule has 1 aromatic heterocycles. The summed E-state index contributed by atoms with van der Waals surface area (Å²) >= 11 is 1.33. The lowest BCUT2D eigenvalue weighted by Gasteiger charge is -2.15. The van der Waals surface area contributed by atoms with Crippen LogP contribution in [0, 0.1) is 27.7 Å². The van der Waals surface area contributed by atoms with Gasteiger partial charge in [0.1, 0.15) is 0 Å². The van der Waals surface area contributed by atoms with E-state index in [2.05, 4.69) is 59.0 Å². The Morgan fingerprint density at radius 2 is 1.82 bits per heavy atom. The minimum absolute atomic E-state index is 0.0498. The monoisotopic (exact) mass is 395 g/mol. The fourth-order valence-electron chi connectivity index (χ4n) is 2.90. The molecule has 3 rings (SSSR count). The standard InChI is InChI=1S/C21H25N5OS/c1-13-6-7-15(3)19(10-13)26-21(23-24-25-26)28-12-20(27)22-17(5)18-9-8-14(2)16(4)11-18/h6-11,17H,12H2,1-5H3,(H,22,27)/t17-/m0/s1. The van der Waals surface area contributed by atoms with Crippen LogP contribution in [0.5, 0.6) is 0 Å². The second-order valence-corrected chi connectivity index (χ2v) is 8.03. The van der Waals surface area contributed by atoms with Crippen LogP contribution in [0.15, 0.2) is 41.6 Å². The van der Waals surface area contributed by atoms with Crippen molar-refractivity contribution in [2.75, 3.05) is 5.75 Å². The van der Waals surface area contributed by atoms with Crippen LogP contribution in [0.25, 0.3) is 5.69 Å². The van der Waals surface area contributed by atoms with Gasteiger partial charge in [0.25, 0.3) is 0 Å². The zero-order valence-corrected chi connectivity index (χ0v) is 17.7. The molecule has 0 fully saturated rings. The average Bonchev–Trinajstić information content (AvgIpc) is 3.12. The lowest BCUT2D eigenvalue weighted by molar-refractivity contribution is -0.119. The lowest BCUT2D eigenvalue weighted by atomic mass is 10.0. The van der Waals surface area contributed by atoms with Gasteiger partial charge in [0.15, 0.2) is 0 Å². The molecular formula is C21H25N5OS. The second kappa shape index (κ2) is 8.56. The molecule has 1 N–H and O–H groups in total. The molecule has 0 saturated carbocycles. The van der Waals surface area contributed by atoms with Gasteiger partial charge in [0.05, 0.1) is 17.5 Å². The Morgan fingerprint density at radius 1 is 1.07 bits per heavy atom. The molecule has 0 spiro atoms. The molecule has 1 atom stereocenters. The Labute approximate surface area is 169 Å². The summed E-state index contributed by atoms with van der Waals surface area (Å²) in [6.45, 7) is 10.2. The Morgan fingerprint density at radius 3 is 2.57 bits per heavy atom. The highest BCUT2D eigenvalue weighted by atomic mass is 32.2. The van der Waals surface area contributed by atoms with Gasteiger partial charge < -0.3 is 5.32 Å². The fraction of sp³-hybridized carbons (Fsp3) is 0.333. The van der Waals surface area contributed by atoms with Crippen LogP contribution >= 0.6 is 11.8 Å². The smallest absolute Gasteiger partial charge is 0.230 e. The zero-order valence-electron chi connectivity index (χ0n) is 16.9. The molecule has 0 aliphatic rings. The van der Waals surface area contributed by atoms with Gasteiger partial charge in [-0.25, -0.2) is 0 Å². The molecule has 0 aliphatic carbocycles. The van der Waals surface area contributed by atoms with Gasteiger partial charge in [-0.1, -0.05) is 42.1 Å². The second-order valence-electron chi connectivity index (χ2n) is 7.08. The summed E-state index contributed by atoms with van der Waals surface area (Å²) in [6, 6.07) is 12.3. The number of amides is 1. The molecule has 3 aromatic rings. The maximum Gasteiger partial charge on any atom is 0.230 e. The Bertz CT molecular complexity index is 998. The van der Waals surface area contributed by atoms with E-state index in [0.29, 0.717) is 5.16 Å². The first kappa shape index (κ1) is 20.1. The van der Waals surface area contributed by atoms with Crippen molar-refractivity contribution in [2.45, 2.75) is 45.8 Å². The molecule has 0 unspecified atom stereocenters. The third-order valence-corrected chi connectivity index (χ3v) is 5.69. The molecule has 1 amide bonds. The van der Waals surface area contributed by atoms with Crippen LogP contribution in [0.3, 0.4) is 0 Å². The van der Waals surface area contributed by atoms with Crippen molar-refractivity contribution >= 4 is 17.7 Å². The lowest BCUT2D eigenvalue weighted by Crippen LogP contribution is -2.28. The summed E-state index contributed by atoms with van der Waals surface area (Å²) in [6.07, 6.45) is 0. The maximum absolute atomic E-state index is 12.4. The van der Waals surface area contributed by atoms with E-state index in [-0.39, 0.29) is 17.7 Å². The van der Waals surface area contributed by atoms with E-state index < -0.39 is 0 Å². The van der Waals surface area contributed by atoms with Crippen LogP contribution < -0.4 is 5.32 Å². The molecule has 0 bridgehead atoms. The van der Waals surface area contributed by atoms with Gasteiger partial charge in [0.2, 0.25) is 11.1 Å². The third kappa shape index (κ3) is 4.59. The maximum atomic E-state index is 12.4. The average molecular weight is 396 g/mol. The number of aromatic nitrogens is 4. The topological polar surface area (TPSA) is 72.7 Å². The first-order chi connectivity index (χ1) is 13.3. The third-order valence-electron chi connectivity index (χ3n) is 4.77. The minimum atomic E-state index is -0.0533. The van der Waals surface area contributed by atoms with Crippen LogP contribution in [-0.4, -0.2) is 31.9 Å². The number of rotatable bonds is 6. The van der Waals surface area contributed by atoms with Crippen molar-refractivity contribution in [3.63, 3.8) is 0 Å². The summed E-state index contributed by atoms with van der Waals surface area (Å²) in [4.78, 5) is 12.4. The molecular weight excluding hydrogens is 370 g/mol. The summed E-state index contributed by atoms with van der Waals surface area (Å²) in [5, 5.41) is 15.6. The van der Waals surface area contributed by atoms with Crippen LogP contribution in [0.2, 0.25) is 0 Å². The summed E-state index contributed by atoms with van der Waals surface area (Å²) in [5.41, 5.74) is 6.70. The van der Waals surface area contributed by atoms with E-state index in [1.54, 1.807) is 4.68 Å². The summed E-state index contributed by atoms with van der Waals surface area (Å²) < 4.78 is 1.69. The fourth-order valence-corrected chi connectivity index (χ4v) is 3.59. The number of hydrogen-bond acceptors (Lipinski definition) is 5. The largest absolute Gasteiger partial charge is 0.349 e. The highest BCUT2D eigenvalue weighted by molar-refractivity contribution is 7.99. The minimum Gasteiger partial charge on any atom is -0.349 e. The first-order valence-corrected chi connectivity index (χ1v) is 10.2. The van der Waals surface area contributed by atoms with Crippen LogP contribution in [-0.2, 0) is 4.79 Å². The molecule has 0 saturated heterocycles. The van der Waals surface area contributed by atoms with E-state index >= 15 is 0 Å². The number of tetrazole rings is 1. The predicted octanol–water partition coefficient (Wildman–Crippen LogP) is 3.87. The Balaban J connectivity index is 1.65. The van der Waals surface area contributed by atoms with Crippen LogP contribution in [0.1, 0.15) is 40.8 Å². The van der Waals surface area contributed by atoms with Gasteiger partial charge in [-0.2, -0.15) is 4.68 Å². The predicted molar refractivity (Wildman–Crippen MR) is 112 cm³/mol. The number of thioether (sulfide) groups is 1. The molecule has 2 aromatic carbocycles. The molecule has 146 valence electrons. The normalized spacial score (nSPS) is 12.0. The molecule has 6 nitrogen and oxygen atoms in total. The van der Waals surface area contributed by atoms with Gasteiger partial charge in [-0.3, -0.25) is 4.79 Å². The van der Waals surface area contributed by atoms with Crippen molar-refractivity contribution in [3.8, 4) is 5.69 Å². The van der Waals surface area contributed by atoms with E-state index in [4.69, 9.17) is 0 Å². The first-order valence-electron chi connectivity index (χ1n) is 9.20. The SMILES string of the molecule is Cc1ccc(C)c(-n2nnnc2SCC(=O)N[C@@H](C)c2ccc(C)c(C)c2)c1. The quantitative estimate of drug-likeness (QED) is 0.642. The van der Waals surface area contributed by atoms with Crippen LogP contribution in [0.4, 0.5) is 0 Å². The van der Waals surface area contributed by atoms with Gasteiger partial charge in [-0.05, 0) is 78.9 Å². The van der Waals surface area contributed by atoms with E-state index in [0.717, 1.165) is 22.4 Å². The van der Waals surface area contributed by atoms with Gasteiger partial charge in [-0.15, -0.1) is 5.10 Å². The molecule has 28 heavy (non-hydrogen) atoms.